The number of benzene rings is 2. The van der Waals surface area contributed by atoms with Crippen LogP contribution in [0.1, 0.15) is 5.56 Å². The second kappa shape index (κ2) is 4.04. The first-order chi connectivity index (χ1) is 7.84. The summed E-state index contributed by atoms with van der Waals surface area (Å²) in [5.41, 5.74) is 2.44. The zero-order chi connectivity index (χ0) is 11.0. The monoisotopic (exact) mass is 247 g/mol. The Hall–Kier alpha value is -1.12. The smallest absolute Gasteiger partial charge is 0.0548 e. The molecule has 0 bridgehead atoms. The van der Waals surface area contributed by atoms with Crippen molar-refractivity contribution in [2.24, 2.45) is 0 Å². The number of rotatable bonds is 0. The van der Waals surface area contributed by atoms with Gasteiger partial charge in [0, 0.05) is 22.0 Å². The van der Waals surface area contributed by atoms with Gasteiger partial charge in [-0.05, 0) is 23.8 Å². The Morgan fingerprint density at radius 1 is 1.06 bits per heavy atom. The molecule has 1 N–H and O–H groups in total. The third-order valence-electron chi connectivity index (χ3n) is 2.62. The second-order valence-electron chi connectivity index (χ2n) is 3.68. The quantitative estimate of drug-likeness (QED) is 0.740. The third-order valence-corrected chi connectivity index (χ3v) is 4.31. The number of halogens is 1. The minimum absolute atomic E-state index is 0.833. The number of anilines is 1. The highest BCUT2D eigenvalue weighted by Gasteiger charge is 2.14. The van der Waals surface area contributed by atoms with E-state index in [0.29, 0.717) is 0 Å². The van der Waals surface area contributed by atoms with Gasteiger partial charge in [0.1, 0.15) is 0 Å². The summed E-state index contributed by atoms with van der Waals surface area (Å²) in [6, 6.07) is 14.4. The summed E-state index contributed by atoms with van der Waals surface area (Å²) in [6.45, 7) is 0.833. The lowest BCUT2D eigenvalue weighted by molar-refractivity contribution is 1.10. The Bertz CT molecular complexity index is 539. The number of hydrogen-bond acceptors (Lipinski definition) is 2. The van der Waals surface area contributed by atoms with E-state index in [9.17, 15) is 0 Å². The fourth-order valence-corrected chi connectivity index (χ4v) is 3.17. The van der Waals surface area contributed by atoms with Gasteiger partial charge in [0.2, 0.25) is 0 Å². The molecule has 1 heterocycles. The van der Waals surface area contributed by atoms with E-state index in [4.69, 9.17) is 11.6 Å². The Labute approximate surface area is 104 Å². The van der Waals surface area contributed by atoms with Crippen LogP contribution in [0.25, 0.3) is 0 Å². The van der Waals surface area contributed by atoms with Gasteiger partial charge in [-0.25, -0.2) is 0 Å². The van der Waals surface area contributed by atoms with Gasteiger partial charge in [-0.1, -0.05) is 47.6 Å². The molecule has 3 heteroatoms. The first kappa shape index (κ1) is 10.1. The molecule has 3 rings (SSSR count). The number of fused-ring (bicyclic) bond motifs is 2. The fourth-order valence-electron chi connectivity index (χ4n) is 1.81. The van der Waals surface area contributed by atoms with E-state index in [1.807, 2.05) is 18.2 Å². The summed E-state index contributed by atoms with van der Waals surface area (Å²) in [4.78, 5) is 2.40. The standard InChI is InChI=1S/C13H10ClNS/c14-10-5-3-4-9-8-15-11-6-1-2-7-12(11)16-13(9)10/h1-7,15H,8H2. The molecule has 0 unspecified atom stereocenters. The van der Waals surface area contributed by atoms with Crippen molar-refractivity contribution in [2.45, 2.75) is 16.3 Å². The topological polar surface area (TPSA) is 12.0 Å². The molecule has 0 saturated heterocycles. The first-order valence-corrected chi connectivity index (χ1v) is 6.32. The molecule has 80 valence electrons. The van der Waals surface area contributed by atoms with Crippen molar-refractivity contribution in [1.82, 2.24) is 0 Å². The molecule has 1 aliphatic rings. The molecule has 16 heavy (non-hydrogen) atoms. The predicted octanol–water partition coefficient (Wildman–Crippen LogP) is 4.42. The average molecular weight is 248 g/mol. The van der Waals surface area contributed by atoms with E-state index >= 15 is 0 Å². The van der Waals surface area contributed by atoms with E-state index < -0.39 is 0 Å². The van der Waals surface area contributed by atoms with Crippen LogP contribution in [-0.2, 0) is 6.54 Å². The van der Waals surface area contributed by atoms with Crippen LogP contribution in [0.5, 0.6) is 0 Å². The molecule has 0 spiro atoms. The largest absolute Gasteiger partial charge is 0.380 e. The van der Waals surface area contributed by atoms with Gasteiger partial charge in [0.05, 0.1) is 5.02 Å². The van der Waals surface area contributed by atoms with E-state index in [0.717, 1.165) is 11.6 Å². The van der Waals surface area contributed by atoms with Crippen LogP contribution in [0.2, 0.25) is 5.02 Å². The van der Waals surface area contributed by atoms with Crippen LogP contribution >= 0.6 is 23.4 Å². The highest BCUT2D eigenvalue weighted by Crippen LogP contribution is 2.41. The van der Waals surface area contributed by atoms with Gasteiger partial charge in [-0.3, -0.25) is 0 Å². The Morgan fingerprint density at radius 3 is 2.88 bits per heavy atom. The van der Waals surface area contributed by atoms with Gasteiger partial charge < -0.3 is 5.32 Å². The predicted molar refractivity (Wildman–Crippen MR) is 69.3 cm³/mol. The summed E-state index contributed by atoms with van der Waals surface area (Å²) in [5.74, 6) is 0. The highest BCUT2D eigenvalue weighted by atomic mass is 35.5. The van der Waals surface area contributed by atoms with Gasteiger partial charge in [-0.2, -0.15) is 0 Å². The Kier molecular flexibility index (Phi) is 2.54. The van der Waals surface area contributed by atoms with E-state index in [1.54, 1.807) is 11.8 Å². The molecule has 0 atom stereocenters. The number of hydrogen-bond donors (Lipinski definition) is 1. The SMILES string of the molecule is Clc1cccc2c1Sc1ccccc1NC2. The van der Waals surface area contributed by atoms with E-state index in [-0.39, 0.29) is 0 Å². The Morgan fingerprint density at radius 2 is 1.94 bits per heavy atom. The van der Waals surface area contributed by atoms with Crippen molar-refractivity contribution in [2.75, 3.05) is 5.32 Å². The van der Waals surface area contributed by atoms with Crippen LogP contribution in [0.3, 0.4) is 0 Å². The highest BCUT2D eigenvalue weighted by molar-refractivity contribution is 7.99. The van der Waals surface area contributed by atoms with Crippen molar-refractivity contribution in [1.29, 1.82) is 0 Å². The summed E-state index contributed by atoms with van der Waals surface area (Å²) >= 11 is 7.97. The van der Waals surface area contributed by atoms with Crippen molar-refractivity contribution < 1.29 is 0 Å². The number of nitrogens with one attached hydrogen (secondary N) is 1. The van der Waals surface area contributed by atoms with Crippen molar-refractivity contribution in [3.63, 3.8) is 0 Å². The van der Waals surface area contributed by atoms with E-state index in [2.05, 4.69) is 29.6 Å². The molecule has 0 fully saturated rings. The summed E-state index contributed by atoms with van der Waals surface area (Å²) in [5, 5.41) is 4.26. The van der Waals surface area contributed by atoms with Gasteiger partial charge >= 0.3 is 0 Å². The maximum atomic E-state index is 6.23. The summed E-state index contributed by atoms with van der Waals surface area (Å²) in [7, 11) is 0. The lowest BCUT2D eigenvalue weighted by Gasteiger charge is -2.05. The molecule has 0 aliphatic carbocycles. The minimum atomic E-state index is 0.833. The molecular formula is C13H10ClNS. The summed E-state index contributed by atoms with van der Waals surface area (Å²) < 4.78 is 0. The third kappa shape index (κ3) is 1.68. The number of para-hydroxylation sites is 1. The maximum absolute atomic E-state index is 6.23. The van der Waals surface area contributed by atoms with Crippen LogP contribution in [0.15, 0.2) is 52.3 Å². The molecule has 0 amide bonds. The molecule has 1 aliphatic heterocycles. The molecular weight excluding hydrogens is 238 g/mol. The lowest BCUT2D eigenvalue weighted by Crippen LogP contribution is -1.98. The summed E-state index contributed by atoms with van der Waals surface area (Å²) in [6.07, 6.45) is 0. The van der Waals surface area contributed by atoms with Crippen LogP contribution < -0.4 is 5.32 Å². The van der Waals surface area contributed by atoms with Gasteiger partial charge in [-0.15, -0.1) is 0 Å². The molecule has 0 radical (unpaired) electrons. The van der Waals surface area contributed by atoms with Crippen molar-refractivity contribution in [3.05, 3.63) is 53.1 Å². The second-order valence-corrected chi connectivity index (χ2v) is 5.14. The zero-order valence-electron chi connectivity index (χ0n) is 8.53. The van der Waals surface area contributed by atoms with Gasteiger partial charge in [0.15, 0.2) is 0 Å². The van der Waals surface area contributed by atoms with Crippen LogP contribution in [0.4, 0.5) is 5.69 Å². The molecule has 0 aromatic heterocycles. The minimum Gasteiger partial charge on any atom is -0.380 e. The Balaban J connectivity index is 2.13. The fraction of sp³-hybridized carbons (Fsp3) is 0.0769. The van der Waals surface area contributed by atoms with Crippen molar-refractivity contribution >= 4 is 29.1 Å². The lowest BCUT2D eigenvalue weighted by atomic mass is 10.2. The van der Waals surface area contributed by atoms with Crippen molar-refractivity contribution in [3.8, 4) is 0 Å². The molecule has 2 aromatic rings. The van der Waals surface area contributed by atoms with Crippen LogP contribution in [-0.4, -0.2) is 0 Å². The zero-order valence-corrected chi connectivity index (χ0v) is 10.1. The maximum Gasteiger partial charge on any atom is 0.0548 e. The first-order valence-electron chi connectivity index (χ1n) is 5.13. The average Bonchev–Trinajstić information content (AvgIpc) is 2.50. The molecule has 0 saturated carbocycles. The van der Waals surface area contributed by atoms with E-state index in [1.165, 1.54) is 21.0 Å². The van der Waals surface area contributed by atoms with Gasteiger partial charge in [0.25, 0.3) is 0 Å². The molecule has 1 nitrogen and oxygen atoms in total. The molecule has 2 aromatic carbocycles. The normalized spacial score (nSPS) is 13.3. The van der Waals surface area contributed by atoms with Crippen LogP contribution in [0, 0.1) is 0 Å².